The predicted octanol–water partition coefficient (Wildman–Crippen LogP) is 3.11. The number of hydrogen-bond acceptors (Lipinski definition) is 6. The summed E-state index contributed by atoms with van der Waals surface area (Å²) in [7, 11) is 0.283. The summed E-state index contributed by atoms with van der Waals surface area (Å²) in [5, 5.41) is 6.68. The van der Waals surface area contributed by atoms with E-state index in [0.717, 1.165) is 23.2 Å². The van der Waals surface area contributed by atoms with Crippen molar-refractivity contribution in [2.75, 3.05) is 13.7 Å². The first-order valence-electron chi connectivity index (χ1n) is 7.03. The zero-order chi connectivity index (χ0) is 16.2. The number of thiazole rings is 1. The Hall–Kier alpha value is -1.51. The largest absolute Gasteiger partial charge is 0.464 e. The van der Waals surface area contributed by atoms with Gasteiger partial charge in [0.1, 0.15) is 11.7 Å². The van der Waals surface area contributed by atoms with Crippen LogP contribution < -0.4 is 0 Å². The highest BCUT2D eigenvalue weighted by Crippen LogP contribution is 2.23. The fourth-order valence-electron chi connectivity index (χ4n) is 1.69. The third-order valence-corrected chi connectivity index (χ3v) is 5.59. The molecule has 0 aliphatic heterocycles. The fraction of sp³-hybridized carbons (Fsp3) is 0.500. The summed E-state index contributed by atoms with van der Waals surface area (Å²) in [6, 6.07) is 1.14. The van der Waals surface area contributed by atoms with E-state index in [1.165, 1.54) is 18.4 Å². The van der Waals surface area contributed by atoms with Crippen molar-refractivity contribution >= 4 is 25.4 Å². The summed E-state index contributed by atoms with van der Waals surface area (Å²) in [5.41, 5.74) is 1.19. The Morgan fingerprint density at radius 2 is 2.18 bits per heavy atom. The van der Waals surface area contributed by atoms with Gasteiger partial charge in [-0.25, -0.2) is 14.5 Å². The molecule has 6 nitrogen and oxygen atoms in total. The molecule has 2 aromatic rings. The molecule has 0 N–H and O–H groups in total. The van der Waals surface area contributed by atoms with Crippen LogP contribution in [0.1, 0.15) is 10.5 Å². The quantitative estimate of drug-likeness (QED) is 0.440. The molecule has 0 fully saturated rings. The molecule has 2 aromatic heterocycles. The minimum absolute atomic E-state index is 0.321. The van der Waals surface area contributed by atoms with E-state index in [0.29, 0.717) is 12.4 Å². The van der Waals surface area contributed by atoms with Crippen molar-refractivity contribution in [1.82, 2.24) is 14.8 Å². The molecule has 8 heteroatoms. The van der Waals surface area contributed by atoms with Gasteiger partial charge in [-0.05, 0) is 6.04 Å². The van der Waals surface area contributed by atoms with Crippen molar-refractivity contribution < 1.29 is 14.3 Å². The molecule has 0 amide bonds. The standard InChI is InChI=1S/C14H21N3O3SSi/c1-19-14(18)12-9-21-13(16-12)11-7-15-17(8-11)10-20-5-6-22(2,3)4/h7-9H,5-6,10H2,1-4H3. The number of rotatable bonds is 7. The Morgan fingerprint density at radius 1 is 1.41 bits per heavy atom. The smallest absolute Gasteiger partial charge is 0.357 e. The second kappa shape index (κ2) is 7.17. The number of carbonyl (C=O) groups is 1. The van der Waals surface area contributed by atoms with Crippen molar-refractivity contribution in [3.63, 3.8) is 0 Å². The highest BCUT2D eigenvalue weighted by Gasteiger charge is 2.14. The topological polar surface area (TPSA) is 66.2 Å². The Morgan fingerprint density at radius 3 is 2.86 bits per heavy atom. The van der Waals surface area contributed by atoms with Crippen LogP contribution in [0.3, 0.4) is 0 Å². The lowest BCUT2D eigenvalue weighted by Gasteiger charge is -2.15. The van der Waals surface area contributed by atoms with Crippen LogP contribution in [0.25, 0.3) is 10.6 Å². The monoisotopic (exact) mass is 339 g/mol. The summed E-state index contributed by atoms with van der Waals surface area (Å²) in [5.74, 6) is -0.426. The molecule has 0 bridgehead atoms. The number of nitrogens with zero attached hydrogens (tertiary/aromatic N) is 3. The minimum Gasteiger partial charge on any atom is -0.464 e. The molecule has 0 aliphatic carbocycles. The van der Waals surface area contributed by atoms with Crippen molar-refractivity contribution in [2.45, 2.75) is 32.4 Å². The van der Waals surface area contributed by atoms with Crippen LogP contribution in [-0.4, -0.2) is 42.5 Å². The van der Waals surface area contributed by atoms with E-state index in [4.69, 9.17) is 4.74 Å². The van der Waals surface area contributed by atoms with Crippen LogP contribution in [0.15, 0.2) is 17.8 Å². The molecule has 0 atom stereocenters. The Labute approximate surface area is 135 Å². The third kappa shape index (κ3) is 4.75. The van der Waals surface area contributed by atoms with Gasteiger partial charge in [0.05, 0.1) is 13.3 Å². The van der Waals surface area contributed by atoms with Crippen molar-refractivity contribution in [3.8, 4) is 10.6 Å². The predicted molar refractivity (Wildman–Crippen MR) is 88.8 cm³/mol. The van der Waals surface area contributed by atoms with Crippen LogP contribution in [0.2, 0.25) is 25.7 Å². The third-order valence-electron chi connectivity index (χ3n) is 3.00. The van der Waals surface area contributed by atoms with Gasteiger partial charge in [0.15, 0.2) is 5.69 Å². The van der Waals surface area contributed by atoms with Gasteiger partial charge < -0.3 is 9.47 Å². The molecular weight excluding hydrogens is 318 g/mol. The van der Waals surface area contributed by atoms with Crippen LogP contribution in [0.4, 0.5) is 0 Å². The van der Waals surface area contributed by atoms with Crippen LogP contribution in [0, 0.1) is 0 Å². The Kier molecular flexibility index (Phi) is 5.49. The fourth-order valence-corrected chi connectivity index (χ4v) is 3.21. The number of aromatic nitrogens is 3. The lowest BCUT2D eigenvalue weighted by atomic mass is 10.4. The van der Waals surface area contributed by atoms with Gasteiger partial charge in [-0.15, -0.1) is 11.3 Å². The van der Waals surface area contributed by atoms with E-state index < -0.39 is 14.0 Å². The molecule has 0 aliphatic rings. The SMILES string of the molecule is COC(=O)c1csc(-c2cnn(COCC[Si](C)(C)C)c2)n1. The van der Waals surface area contributed by atoms with Crippen LogP contribution >= 0.6 is 11.3 Å². The molecule has 0 saturated carbocycles. The molecule has 0 radical (unpaired) electrons. The summed E-state index contributed by atoms with van der Waals surface area (Å²) in [6.07, 6.45) is 3.59. The Bertz CT molecular complexity index is 633. The second-order valence-corrected chi connectivity index (χ2v) is 12.6. The number of hydrogen-bond donors (Lipinski definition) is 0. The van der Waals surface area contributed by atoms with Gasteiger partial charge in [0.25, 0.3) is 0 Å². The zero-order valence-electron chi connectivity index (χ0n) is 13.3. The lowest BCUT2D eigenvalue weighted by molar-refractivity contribution is 0.0595. The second-order valence-electron chi connectivity index (χ2n) is 6.15. The molecule has 0 unspecified atom stereocenters. The van der Waals surface area contributed by atoms with E-state index in [1.807, 2.05) is 6.20 Å². The molecule has 0 spiro atoms. The summed E-state index contributed by atoms with van der Waals surface area (Å²) < 4.78 is 12.0. The highest BCUT2D eigenvalue weighted by atomic mass is 32.1. The van der Waals surface area contributed by atoms with Crippen molar-refractivity contribution in [3.05, 3.63) is 23.5 Å². The maximum Gasteiger partial charge on any atom is 0.357 e. The van der Waals surface area contributed by atoms with Gasteiger partial charge in [0, 0.05) is 31.8 Å². The summed E-state index contributed by atoms with van der Waals surface area (Å²) >= 11 is 1.39. The molecule has 2 rings (SSSR count). The minimum atomic E-state index is -1.06. The number of ether oxygens (including phenoxy) is 2. The van der Waals surface area contributed by atoms with Crippen LogP contribution in [-0.2, 0) is 16.2 Å². The molecule has 0 aromatic carbocycles. The zero-order valence-corrected chi connectivity index (χ0v) is 15.1. The van der Waals surface area contributed by atoms with Gasteiger partial charge in [-0.1, -0.05) is 19.6 Å². The van der Waals surface area contributed by atoms with E-state index in [1.54, 1.807) is 16.3 Å². The first-order chi connectivity index (χ1) is 10.4. The van der Waals surface area contributed by atoms with E-state index in [-0.39, 0.29) is 0 Å². The van der Waals surface area contributed by atoms with E-state index in [2.05, 4.69) is 34.5 Å². The lowest BCUT2D eigenvalue weighted by Crippen LogP contribution is -2.22. The van der Waals surface area contributed by atoms with Gasteiger partial charge in [-0.2, -0.15) is 5.10 Å². The number of esters is 1. The average Bonchev–Trinajstić information content (AvgIpc) is 3.10. The van der Waals surface area contributed by atoms with Crippen LogP contribution in [0.5, 0.6) is 0 Å². The first kappa shape index (κ1) is 16.9. The normalized spacial score (nSPS) is 11.6. The van der Waals surface area contributed by atoms with E-state index >= 15 is 0 Å². The van der Waals surface area contributed by atoms with E-state index in [9.17, 15) is 4.79 Å². The molecular formula is C14H21N3O3SSi. The Balaban J connectivity index is 1.91. The number of carbonyl (C=O) groups excluding carboxylic acids is 1. The summed E-state index contributed by atoms with van der Waals surface area (Å²) in [6.45, 7) is 8.16. The van der Waals surface area contributed by atoms with Crippen molar-refractivity contribution in [1.29, 1.82) is 0 Å². The highest BCUT2D eigenvalue weighted by molar-refractivity contribution is 7.13. The maximum atomic E-state index is 11.4. The summed E-state index contributed by atoms with van der Waals surface area (Å²) in [4.78, 5) is 15.7. The average molecular weight is 339 g/mol. The van der Waals surface area contributed by atoms with Gasteiger partial charge >= 0.3 is 5.97 Å². The number of methoxy groups -OCH3 is 1. The van der Waals surface area contributed by atoms with Crippen molar-refractivity contribution in [2.24, 2.45) is 0 Å². The molecule has 2 heterocycles. The molecule has 22 heavy (non-hydrogen) atoms. The first-order valence-corrected chi connectivity index (χ1v) is 11.6. The maximum absolute atomic E-state index is 11.4. The van der Waals surface area contributed by atoms with Gasteiger partial charge in [0.2, 0.25) is 0 Å². The molecule has 0 saturated heterocycles. The van der Waals surface area contributed by atoms with Gasteiger partial charge in [-0.3, -0.25) is 0 Å². The molecule has 120 valence electrons.